The first-order valence-corrected chi connectivity index (χ1v) is 7.11. The first kappa shape index (κ1) is 12.9. The Kier molecular flexibility index (Phi) is 4.86. The van der Waals surface area contributed by atoms with Crippen LogP contribution in [0.2, 0.25) is 0 Å². The van der Waals surface area contributed by atoms with Gasteiger partial charge in [-0.2, -0.15) is 0 Å². The maximum absolute atomic E-state index is 10.1. The van der Waals surface area contributed by atoms with Crippen molar-refractivity contribution in [1.29, 1.82) is 0 Å². The third-order valence-electron chi connectivity index (χ3n) is 3.41. The van der Waals surface area contributed by atoms with Gasteiger partial charge in [0.1, 0.15) is 12.4 Å². The van der Waals surface area contributed by atoms with E-state index in [0.717, 1.165) is 23.1 Å². The quantitative estimate of drug-likeness (QED) is 0.917. The van der Waals surface area contributed by atoms with Crippen LogP contribution in [0.3, 0.4) is 0 Å². The highest BCUT2D eigenvalue weighted by atomic mass is 79.9. The molecule has 1 aliphatic carbocycles. The monoisotopic (exact) mass is 298 g/mol. The van der Waals surface area contributed by atoms with Crippen molar-refractivity contribution in [3.8, 4) is 5.75 Å². The van der Waals surface area contributed by atoms with E-state index >= 15 is 0 Å². The number of rotatable bonds is 4. The van der Waals surface area contributed by atoms with Crippen molar-refractivity contribution in [3.05, 3.63) is 28.7 Å². The minimum Gasteiger partial charge on any atom is -0.491 e. The minimum absolute atomic E-state index is 0.325. The van der Waals surface area contributed by atoms with Gasteiger partial charge >= 0.3 is 0 Å². The summed E-state index contributed by atoms with van der Waals surface area (Å²) >= 11 is 3.40. The molecule has 1 atom stereocenters. The summed E-state index contributed by atoms with van der Waals surface area (Å²) in [5, 5.41) is 10.1. The van der Waals surface area contributed by atoms with Gasteiger partial charge in [-0.25, -0.2) is 0 Å². The van der Waals surface area contributed by atoms with Gasteiger partial charge in [-0.1, -0.05) is 41.3 Å². The first-order valence-electron chi connectivity index (χ1n) is 6.32. The molecule has 17 heavy (non-hydrogen) atoms. The van der Waals surface area contributed by atoms with Gasteiger partial charge in [-0.3, -0.25) is 0 Å². The fourth-order valence-electron chi connectivity index (χ4n) is 2.39. The van der Waals surface area contributed by atoms with Crippen molar-refractivity contribution in [2.45, 2.75) is 38.2 Å². The summed E-state index contributed by atoms with van der Waals surface area (Å²) < 4.78 is 6.62. The highest BCUT2D eigenvalue weighted by molar-refractivity contribution is 9.10. The maximum atomic E-state index is 10.1. The Labute approximate surface area is 111 Å². The number of aliphatic hydroxyl groups excluding tert-OH is 1. The number of hydrogen-bond acceptors (Lipinski definition) is 2. The summed E-state index contributed by atoms with van der Waals surface area (Å²) in [7, 11) is 0. The Balaban J connectivity index is 1.80. The van der Waals surface area contributed by atoms with Crippen molar-refractivity contribution in [1.82, 2.24) is 0 Å². The number of aliphatic hydroxyl groups is 1. The van der Waals surface area contributed by atoms with E-state index in [2.05, 4.69) is 15.9 Å². The fraction of sp³-hybridized carbons (Fsp3) is 0.571. The largest absolute Gasteiger partial charge is 0.491 e. The van der Waals surface area contributed by atoms with E-state index in [1.165, 1.54) is 19.3 Å². The lowest BCUT2D eigenvalue weighted by atomic mass is 9.85. The molecule has 1 aromatic carbocycles. The van der Waals surface area contributed by atoms with Gasteiger partial charge in [0, 0.05) is 4.47 Å². The van der Waals surface area contributed by atoms with Crippen LogP contribution in [-0.2, 0) is 0 Å². The molecule has 2 nitrogen and oxygen atoms in total. The molecule has 0 amide bonds. The minimum atomic E-state index is -0.325. The van der Waals surface area contributed by atoms with E-state index in [1.807, 2.05) is 24.3 Å². The number of benzene rings is 1. The molecular weight excluding hydrogens is 280 g/mol. The highest BCUT2D eigenvalue weighted by Gasteiger charge is 2.22. The molecule has 1 saturated carbocycles. The van der Waals surface area contributed by atoms with E-state index in [0.29, 0.717) is 12.5 Å². The predicted octanol–water partition coefficient (Wildman–Crippen LogP) is 3.77. The SMILES string of the molecule is OC(COc1cccc(Br)c1)C1CCCCC1. The van der Waals surface area contributed by atoms with Crippen LogP contribution in [0, 0.1) is 5.92 Å². The van der Waals surface area contributed by atoms with Crippen LogP contribution < -0.4 is 4.74 Å². The van der Waals surface area contributed by atoms with Crippen LogP contribution in [0.25, 0.3) is 0 Å². The highest BCUT2D eigenvalue weighted by Crippen LogP contribution is 2.27. The Morgan fingerprint density at radius 3 is 2.76 bits per heavy atom. The molecule has 0 radical (unpaired) electrons. The second kappa shape index (κ2) is 6.41. The molecule has 0 heterocycles. The number of halogens is 1. The van der Waals surface area contributed by atoms with Gasteiger partial charge < -0.3 is 9.84 Å². The molecular formula is C14H19BrO2. The lowest BCUT2D eigenvalue weighted by Gasteiger charge is -2.26. The zero-order valence-electron chi connectivity index (χ0n) is 9.94. The van der Waals surface area contributed by atoms with Crippen LogP contribution in [0.1, 0.15) is 32.1 Å². The normalized spacial score (nSPS) is 18.9. The predicted molar refractivity (Wildman–Crippen MR) is 72.2 cm³/mol. The van der Waals surface area contributed by atoms with E-state index in [1.54, 1.807) is 0 Å². The van der Waals surface area contributed by atoms with Crippen molar-refractivity contribution in [3.63, 3.8) is 0 Å². The fourth-order valence-corrected chi connectivity index (χ4v) is 2.77. The third-order valence-corrected chi connectivity index (χ3v) is 3.90. The van der Waals surface area contributed by atoms with Gasteiger partial charge in [0.05, 0.1) is 6.10 Å². The van der Waals surface area contributed by atoms with Crippen LogP contribution in [-0.4, -0.2) is 17.8 Å². The molecule has 94 valence electrons. The Morgan fingerprint density at radius 1 is 1.29 bits per heavy atom. The first-order chi connectivity index (χ1) is 8.25. The standard InChI is InChI=1S/C14H19BrO2/c15-12-7-4-8-13(9-12)17-10-14(16)11-5-2-1-3-6-11/h4,7-9,11,14,16H,1-3,5-6,10H2. The zero-order valence-corrected chi connectivity index (χ0v) is 11.5. The topological polar surface area (TPSA) is 29.5 Å². The molecule has 0 saturated heterocycles. The average Bonchev–Trinajstić information content (AvgIpc) is 2.37. The van der Waals surface area contributed by atoms with Gasteiger partial charge in [0.2, 0.25) is 0 Å². The third kappa shape index (κ3) is 4.00. The summed E-state index contributed by atoms with van der Waals surface area (Å²) in [4.78, 5) is 0. The van der Waals surface area contributed by atoms with Crippen molar-refractivity contribution in [2.24, 2.45) is 5.92 Å². The van der Waals surface area contributed by atoms with Gasteiger partial charge in [-0.15, -0.1) is 0 Å². The second-order valence-corrected chi connectivity index (χ2v) is 5.65. The van der Waals surface area contributed by atoms with Gasteiger partial charge in [0.25, 0.3) is 0 Å². The molecule has 1 N–H and O–H groups in total. The number of hydrogen-bond donors (Lipinski definition) is 1. The van der Waals surface area contributed by atoms with E-state index in [-0.39, 0.29) is 6.10 Å². The molecule has 1 fully saturated rings. The van der Waals surface area contributed by atoms with Crippen molar-refractivity contribution in [2.75, 3.05) is 6.61 Å². The van der Waals surface area contributed by atoms with Gasteiger partial charge in [-0.05, 0) is 37.0 Å². The van der Waals surface area contributed by atoms with E-state index in [9.17, 15) is 5.11 Å². The number of ether oxygens (including phenoxy) is 1. The molecule has 0 aliphatic heterocycles. The van der Waals surface area contributed by atoms with Crippen LogP contribution in [0.15, 0.2) is 28.7 Å². The summed E-state index contributed by atoms with van der Waals surface area (Å²) in [6, 6.07) is 7.74. The van der Waals surface area contributed by atoms with E-state index in [4.69, 9.17) is 4.74 Å². The Bertz CT molecular complexity index is 348. The molecule has 0 aromatic heterocycles. The Hall–Kier alpha value is -0.540. The Morgan fingerprint density at radius 2 is 2.06 bits per heavy atom. The lowest BCUT2D eigenvalue weighted by molar-refractivity contribution is 0.0413. The average molecular weight is 299 g/mol. The van der Waals surface area contributed by atoms with E-state index < -0.39 is 0 Å². The summed E-state index contributed by atoms with van der Waals surface area (Å²) in [6.07, 6.45) is 5.77. The molecule has 3 heteroatoms. The van der Waals surface area contributed by atoms with Crippen LogP contribution in [0.4, 0.5) is 0 Å². The summed E-state index contributed by atoms with van der Waals surface area (Å²) in [5.74, 6) is 1.24. The molecule has 2 rings (SSSR count). The van der Waals surface area contributed by atoms with Crippen LogP contribution in [0.5, 0.6) is 5.75 Å². The maximum Gasteiger partial charge on any atom is 0.120 e. The molecule has 0 spiro atoms. The summed E-state index contributed by atoms with van der Waals surface area (Å²) in [5.41, 5.74) is 0. The second-order valence-electron chi connectivity index (χ2n) is 4.73. The molecule has 1 aromatic rings. The molecule has 1 unspecified atom stereocenters. The van der Waals surface area contributed by atoms with Crippen molar-refractivity contribution >= 4 is 15.9 Å². The van der Waals surface area contributed by atoms with Gasteiger partial charge in [0.15, 0.2) is 0 Å². The zero-order chi connectivity index (χ0) is 12.1. The summed E-state index contributed by atoms with van der Waals surface area (Å²) in [6.45, 7) is 0.404. The lowest BCUT2D eigenvalue weighted by Crippen LogP contribution is -2.28. The van der Waals surface area contributed by atoms with Crippen molar-refractivity contribution < 1.29 is 9.84 Å². The van der Waals surface area contributed by atoms with Crippen LogP contribution >= 0.6 is 15.9 Å². The smallest absolute Gasteiger partial charge is 0.120 e. The molecule has 1 aliphatic rings. The molecule has 0 bridgehead atoms.